The van der Waals surface area contributed by atoms with Crippen molar-refractivity contribution in [1.29, 1.82) is 0 Å². The normalized spacial score (nSPS) is 13.1. The molecule has 0 saturated heterocycles. The Labute approximate surface area is 121 Å². The van der Waals surface area contributed by atoms with E-state index in [9.17, 15) is 0 Å². The van der Waals surface area contributed by atoms with Crippen molar-refractivity contribution in [2.45, 2.75) is 26.1 Å². The van der Waals surface area contributed by atoms with Crippen LogP contribution in [0, 0.1) is 0 Å². The van der Waals surface area contributed by atoms with Crippen LogP contribution in [-0.4, -0.2) is 30.9 Å². The number of hydrogen-bond donors (Lipinski definition) is 0. The van der Waals surface area contributed by atoms with E-state index in [4.69, 9.17) is 4.42 Å². The largest absolute Gasteiger partial charge is 0.468 e. The molecule has 0 aliphatic rings. The lowest BCUT2D eigenvalue weighted by Crippen LogP contribution is -2.21. The minimum absolute atomic E-state index is 0.284. The van der Waals surface area contributed by atoms with Crippen molar-refractivity contribution in [2.75, 3.05) is 21.1 Å². The molecule has 0 bridgehead atoms. The van der Waals surface area contributed by atoms with E-state index >= 15 is 0 Å². The van der Waals surface area contributed by atoms with Gasteiger partial charge in [-0.05, 0) is 51.3 Å². The van der Waals surface area contributed by atoms with Crippen molar-refractivity contribution in [2.24, 2.45) is 0 Å². The molecule has 2 rings (SSSR count). The molecular formula is C17H24N2O. The lowest BCUT2D eigenvalue weighted by atomic mass is 10.1. The van der Waals surface area contributed by atoms with Crippen LogP contribution in [0.1, 0.15) is 29.9 Å². The predicted octanol–water partition coefficient (Wildman–Crippen LogP) is 3.53. The molecule has 0 fully saturated rings. The molecule has 0 aliphatic carbocycles. The number of hydrogen-bond acceptors (Lipinski definition) is 3. The summed E-state index contributed by atoms with van der Waals surface area (Å²) >= 11 is 0. The maximum Gasteiger partial charge on any atom is 0.120 e. The van der Waals surface area contributed by atoms with Gasteiger partial charge >= 0.3 is 0 Å². The maximum atomic E-state index is 5.47. The van der Waals surface area contributed by atoms with E-state index in [0.717, 1.165) is 18.8 Å². The molecule has 0 spiro atoms. The standard InChI is InChI=1S/C17H24N2O/c1-14(17-6-5-11-20-17)19(4)13-16-9-7-15(8-10-16)12-18(2)3/h5-11,14H,12-13H2,1-4H3. The van der Waals surface area contributed by atoms with Gasteiger partial charge in [0.1, 0.15) is 5.76 Å². The van der Waals surface area contributed by atoms with E-state index in [1.807, 2.05) is 12.1 Å². The van der Waals surface area contributed by atoms with Gasteiger partial charge in [-0.3, -0.25) is 4.90 Å². The molecule has 0 N–H and O–H groups in total. The fourth-order valence-electron chi connectivity index (χ4n) is 2.29. The summed E-state index contributed by atoms with van der Waals surface area (Å²) < 4.78 is 5.47. The first-order valence-electron chi connectivity index (χ1n) is 7.02. The summed E-state index contributed by atoms with van der Waals surface area (Å²) in [5, 5.41) is 0. The summed E-state index contributed by atoms with van der Waals surface area (Å²) in [6.07, 6.45) is 1.73. The zero-order valence-electron chi connectivity index (χ0n) is 12.8. The van der Waals surface area contributed by atoms with Crippen LogP contribution in [0.4, 0.5) is 0 Å². The molecule has 1 atom stereocenters. The lowest BCUT2D eigenvalue weighted by Gasteiger charge is -2.23. The minimum atomic E-state index is 0.284. The summed E-state index contributed by atoms with van der Waals surface area (Å²) in [6, 6.07) is 13.1. The maximum absolute atomic E-state index is 5.47. The first-order chi connectivity index (χ1) is 9.56. The van der Waals surface area contributed by atoms with Crippen LogP contribution >= 0.6 is 0 Å². The predicted molar refractivity (Wildman–Crippen MR) is 82.4 cm³/mol. The van der Waals surface area contributed by atoms with Gasteiger partial charge in [-0.1, -0.05) is 24.3 Å². The Bertz CT molecular complexity index is 502. The van der Waals surface area contributed by atoms with Crippen molar-refractivity contribution in [3.8, 4) is 0 Å². The average Bonchev–Trinajstić information content (AvgIpc) is 2.93. The van der Waals surface area contributed by atoms with E-state index in [-0.39, 0.29) is 6.04 Å². The fourth-order valence-corrected chi connectivity index (χ4v) is 2.29. The van der Waals surface area contributed by atoms with Crippen LogP contribution < -0.4 is 0 Å². The fraction of sp³-hybridized carbons (Fsp3) is 0.412. The Morgan fingerprint density at radius 1 is 0.950 bits per heavy atom. The molecule has 108 valence electrons. The van der Waals surface area contributed by atoms with E-state index in [0.29, 0.717) is 0 Å². The minimum Gasteiger partial charge on any atom is -0.468 e. The van der Waals surface area contributed by atoms with Crippen LogP contribution in [0.15, 0.2) is 47.1 Å². The highest BCUT2D eigenvalue weighted by molar-refractivity contribution is 5.22. The Morgan fingerprint density at radius 2 is 1.55 bits per heavy atom. The molecule has 3 nitrogen and oxygen atoms in total. The van der Waals surface area contributed by atoms with Gasteiger partial charge < -0.3 is 9.32 Å². The number of rotatable bonds is 6. The van der Waals surface area contributed by atoms with Crippen molar-refractivity contribution >= 4 is 0 Å². The van der Waals surface area contributed by atoms with Gasteiger partial charge in [0.25, 0.3) is 0 Å². The first kappa shape index (κ1) is 14.8. The Hall–Kier alpha value is -1.58. The van der Waals surface area contributed by atoms with Crippen molar-refractivity contribution in [1.82, 2.24) is 9.80 Å². The molecule has 2 aromatic rings. The summed E-state index contributed by atoms with van der Waals surface area (Å²) in [4.78, 5) is 4.47. The third kappa shape index (κ3) is 3.95. The highest BCUT2D eigenvalue weighted by atomic mass is 16.3. The van der Waals surface area contributed by atoms with Gasteiger partial charge in [-0.15, -0.1) is 0 Å². The van der Waals surface area contributed by atoms with Gasteiger partial charge in [-0.25, -0.2) is 0 Å². The van der Waals surface area contributed by atoms with Crippen LogP contribution in [-0.2, 0) is 13.1 Å². The molecule has 0 aliphatic heterocycles. The highest BCUT2D eigenvalue weighted by Gasteiger charge is 2.14. The Balaban J connectivity index is 1.95. The third-order valence-corrected chi connectivity index (χ3v) is 3.57. The summed E-state index contributed by atoms with van der Waals surface area (Å²) in [6.45, 7) is 4.07. The Kier molecular flexibility index (Phi) is 4.99. The smallest absolute Gasteiger partial charge is 0.120 e. The first-order valence-corrected chi connectivity index (χ1v) is 7.02. The van der Waals surface area contributed by atoms with Gasteiger partial charge in [0.2, 0.25) is 0 Å². The molecular weight excluding hydrogens is 248 g/mol. The zero-order valence-corrected chi connectivity index (χ0v) is 12.8. The highest BCUT2D eigenvalue weighted by Crippen LogP contribution is 2.21. The summed E-state index contributed by atoms with van der Waals surface area (Å²) in [5.74, 6) is 1.01. The van der Waals surface area contributed by atoms with Gasteiger partial charge in [0, 0.05) is 13.1 Å². The molecule has 0 radical (unpaired) electrons. The molecule has 1 aromatic heterocycles. The van der Waals surface area contributed by atoms with E-state index < -0.39 is 0 Å². The zero-order chi connectivity index (χ0) is 14.5. The third-order valence-electron chi connectivity index (χ3n) is 3.57. The van der Waals surface area contributed by atoms with Crippen LogP contribution in [0.5, 0.6) is 0 Å². The molecule has 1 unspecified atom stereocenters. The number of furan rings is 1. The second kappa shape index (κ2) is 6.73. The number of benzene rings is 1. The lowest BCUT2D eigenvalue weighted by molar-refractivity contribution is 0.223. The molecule has 20 heavy (non-hydrogen) atoms. The summed E-state index contributed by atoms with van der Waals surface area (Å²) in [5.41, 5.74) is 2.67. The van der Waals surface area contributed by atoms with Crippen LogP contribution in [0.25, 0.3) is 0 Å². The quantitative estimate of drug-likeness (QED) is 0.802. The topological polar surface area (TPSA) is 19.6 Å². The van der Waals surface area contributed by atoms with E-state index in [1.54, 1.807) is 6.26 Å². The SMILES string of the molecule is CC(c1ccco1)N(C)Cc1ccc(CN(C)C)cc1. The van der Waals surface area contributed by atoms with E-state index in [2.05, 4.69) is 62.1 Å². The molecule has 0 saturated carbocycles. The summed E-state index contributed by atoms with van der Waals surface area (Å²) in [7, 11) is 6.31. The molecule has 1 heterocycles. The van der Waals surface area contributed by atoms with Crippen molar-refractivity contribution < 1.29 is 4.42 Å². The van der Waals surface area contributed by atoms with E-state index in [1.165, 1.54) is 11.1 Å². The molecule has 3 heteroatoms. The van der Waals surface area contributed by atoms with Gasteiger partial charge in [0.15, 0.2) is 0 Å². The Morgan fingerprint density at radius 3 is 2.05 bits per heavy atom. The monoisotopic (exact) mass is 272 g/mol. The second-order valence-electron chi connectivity index (χ2n) is 5.66. The van der Waals surface area contributed by atoms with Gasteiger partial charge in [0.05, 0.1) is 12.3 Å². The van der Waals surface area contributed by atoms with Crippen molar-refractivity contribution in [3.05, 3.63) is 59.5 Å². The average molecular weight is 272 g/mol. The van der Waals surface area contributed by atoms with Crippen LogP contribution in [0.2, 0.25) is 0 Å². The van der Waals surface area contributed by atoms with Gasteiger partial charge in [-0.2, -0.15) is 0 Å². The molecule has 1 aromatic carbocycles. The van der Waals surface area contributed by atoms with Crippen LogP contribution in [0.3, 0.4) is 0 Å². The van der Waals surface area contributed by atoms with Crippen molar-refractivity contribution in [3.63, 3.8) is 0 Å². The number of nitrogens with zero attached hydrogens (tertiary/aromatic N) is 2. The molecule has 0 amide bonds. The second-order valence-corrected chi connectivity index (χ2v) is 5.66.